The first-order valence-corrected chi connectivity index (χ1v) is 13.9. The largest absolute Gasteiger partial charge is 0.393 e. The molecule has 2 aromatic carbocycles. The van der Waals surface area contributed by atoms with Crippen LogP contribution in [-0.4, -0.2) is 74.8 Å². The van der Waals surface area contributed by atoms with Crippen molar-refractivity contribution in [1.82, 2.24) is 24.4 Å². The smallest absolute Gasteiger partial charge is 0.273 e. The lowest BCUT2D eigenvalue weighted by Crippen LogP contribution is -2.44. The van der Waals surface area contributed by atoms with E-state index in [-0.39, 0.29) is 23.9 Å². The molecule has 0 radical (unpaired) electrons. The van der Waals surface area contributed by atoms with Crippen molar-refractivity contribution in [2.24, 2.45) is 0 Å². The number of H-pyrrole nitrogens is 1. The second-order valence-electron chi connectivity index (χ2n) is 10.8. The van der Waals surface area contributed by atoms with Crippen LogP contribution in [0.25, 0.3) is 22.8 Å². The molecule has 4 aromatic rings. The summed E-state index contributed by atoms with van der Waals surface area (Å²) in [4.78, 5) is 30.2. The molecule has 0 bridgehead atoms. The molecular formula is C30H34FN7O2. The molecule has 0 spiro atoms. The molecule has 3 heterocycles. The van der Waals surface area contributed by atoms with Gasteiger partial charge in [-0.1, -0.05) is 0 Å². The van der Waals surface area contributed by atoms with E-state index in [0.29, 0.717) is 35.7 Å². The number of nitrogens with one attached hydrogen (secondary N) is 2. The van der Waals surface area contributed by atoms with Gasteiger partial charge in [0, 0.05) is 49.2 Å². The van der Waals surface area contributed by atoms with Gasteiger partial charge >= 0.3 is 0 Å². The minimum Gasteiger partial charge on any atom is -0.393 e. The van der Waals surface area contributed by atoms with E-state index >= 15 is 0 Å². The number of nitrogens with zero attached hydrogens (tertiary/aromatic N) is 5. The van der Waals surface area contributed by atoms with Crippen LogP contribution in [0.3, 0.4) is 0 Å². The monoisotopic (exact) mass is 543 g/mol. The average Bonchev–Trinajstić information content (AvgIpc) is 3.63. The number of rotatable bonds is 6. The van der Waals surface area contributed by atoms with Crippen molar-refractivity contribution in [1.29, 1.82) is 0 Å². The molecule has 1 amide bonds. The van der Waals surface area contributed by atoms with Crippen LogP contribution in [0.4, 0.5) is 15.8 Å². The molecule has 40 heavy (non-hydrogen) atoms. The van der Waals surface area contributed by atoms with E-state index < -0.39 is 0 Å². The van der Waals surface area contributed by atoms with Crippen molar-refractivity contribution < 1.29 is 14.3 Å². The molecule has 2 fully saturated rings. The van der Waals surface area contributed by atoms with Crippen molar-refractivity contribution >= 4 is 17.3 Å². The summed E-state index contributed by atoms with van der Waals surface area (Å²) < 4.78 is 15.7. The van der Waals surface area contributed by atoms with Gasteiger partial charge in [0.25, 0.3) is 5.91 Å². The number of imidazole rings is 2. The molecule has 208 valence electrons. The van der Waals surface area contributed by atoms with Crippen LogP contribution in [0.5, 0.6) is 0 Å². The van der Waals surface area contributed by atoms with Crippen molar-refractivity contribution in [3.05, 3.63) is 72.6 Å². The van der Waals surface area contributed by atoms with E-state index in [9.17, 15) is 14.3 Å². The van der Waals surface area contributed by atoms with Crippen molar-refractivity contribution in [3.63, 3.8) is 0 Å². The van der Waals surface area contributed by atoms with Gasteiger partial charge < -0.3 is 29.8 Å². The van der Waals surface area contributed by atoms with Crippen LogP contribution in [-0.2, 0) is 0 Å². The van der Waals surface area contributed by atoms with Gasteiger partial charge in [-0.15, -0.1) is 0 Å². The highest BCUT2D eigenvalue weighted by atomic mass is 19.1. The number of anilines is 2. The number of carbonyl (C=O) groups excluding carboxylic acids is 1. The molecule has 0 unspecified atom stereocenters. The van der Waals surface area contributed by atoms with E-state index in [0.717, 1.165) is 56.0 Å². The first kappa shape index (κ1) is 26.2. The number of hydrogen-bond donors (Lipinski definition) is 3. The number of piperazine rings is 1. The second kappa shape index (κ2) is 11.2. The first-order valence-electron chi connectivity index (χ1n) is 13.9. The fourth-order valence-electron chi connectivity index (χ4n) is 5.60. The Labute approximate surface area is 232 Å². The molecule has 6 rings (SSSR count). The highest BCUT2D eigenvalue weighted by Crippen LogP contribution is 2.37. The molecule has 1 aliphatic carbocycles. The first-order chi connectivity index (χ1) is 19.4. The zero-order chi connectivity index (χ0) is 27.6. The fraction of sp³-hybridized carbons (Fsp3) is 0.367. The van der Waals surface area contributed by atoms with Gasteiger partial charge in [-0.05, 0) is 81.3 Å². The number of carbonyl (C=O) groups is 1. The maximum Gasteiger partial charge on any atom is 0.273 e. The summed E-state index contributed by atoms with van der Waals surface area (Å²) >= 11 is 0. The van der Waals surface area contributed by atoms with E-state index in [2.05, 4.69) is 41.7 Å². The van der Waals surface area contributed by atoms with Gasteiger partial charge in [0.1, 0.15) is 17.2 Å². The summed E-state index contributed by atoms with van der Waals surface area (Å²) in [5.74, 6) is -0.0979. The molecule has 10 heteroatoms. The van der Waals surface area contributed by atoms with Gasteiger partial charge in [0.15, 0.2) is 5.82 Å². The number of amides is 1. The number of aliphatic hydroxyl groups is 1. The van der Waals surface area contributed by atoms with Crippen molar-refractivity contribution in [2.45, 2.75) is 37.8 Å². The highest BCUT2D eigenvalue weighted by molar-refractivity contribution is 6.03. The lowest BCUT2D eigenvalue weighted by atomic mass is 9.92. The van der Waals surface area contributed by atoms with E-state index in [1.807, 2.05) is 24.3 Å². The summed E-state index contributed by atoms with van der Waals surface area (Å²) in [5, 5.41) is 13.0. The van der Waals surface area contributed by atoms with Crippen LogP contribution >= 0.6 is 0 Å². The summed E-state index contributed by atoms with van der Waals surface area (Å²) in [5.41, 5.74) is 4.34. The fourth-order valence-corrected chi connectivity index (χ4v) is 5.60. The van der Waals surface area contributed by atoms with Gasteiger partial charge in [0.05, 0.1) is 24.3 Å². The lowest BCUT2D eigenvalue weighted by Gasteiger charge is -2.34. The van der Waals surface area contributed by atoms with Gasteiger partial charge in [-0.2, -0.15) is 0 Å². The Kier molecular flexibility index (Phi) is 7.36. The third-order valence-corrected chi connectivity index (χ3v) is 8.01. The SMILES string of the molecule is CN1CCN(c2ccc(NC(=O)c3cnc(-c4c(-c5ccc(F)cc5)ncn4C4CCC(O)CC4)[nH]3)cc2)CC1. The number of aromatic nitrogens is 4. The second-order valence-corrected chi connectivity index (χ2v) is 10.8. The summed E-state index contributed by atoms with van der Waals surface area (Å²) in [6, 6.07) is 14.3. The molecule has 1 aliphatic heterocycles. The van der Waals surface area contributed by atoms with Crippen molar-refractivity contribution in [3.8, 4) is 22.8 Å². The minimum atomic E-state index is -0.320. The third-order valence-electron chi connectivity index (χ3n) is 8.01. The Morgan fingerprint density at radius 1 is 0.975 bits per heavy atom. The summed E-state index contributed by atoms with van der Waals surface area (Å²) in [7, 11) is 2.13. The van der Waals surface area contributed by atoms with Crippen LogP contribution in [0.15, 0.2) is 61.1 Å². The van der Waals surface area contributed by atoms with E-state index in [1.165, 1.54) is 18.3 Å². The Morgan fingerprint density at radius 3 is 2.38 bits per heavy atom. The lowest BCUT2D eigenvalue weighted by molar-refractivity contribution is 0.102. The Morgan fingerprint density at radius 2 is 1.68 bits per heavy atom. The quantitative estimate of drug-likeness (QED) is 0.330. The predicted octanol–water partition coefficient (Wildman–Crippen LogP) is 4.56. The number of benzene rings is 2. The van der Waals surface area contributed by atoms with Gasteiger partial charge in [0.2, 0.25) is 0 Å². The summed E-state index contributed by atoms with van der Waals surface area (Å²) in [6.45, 7) is 4.03. The van der Waals surface area contributed by atoms with E-state index in [1.54, 1.807) is 18.5 Å². The topological polar surface area (TPSA) is 102 Å². The zero-order valence-corrected chi connectivity index (χ0v) is 22.6. The number of aromatic amines is 1. The van der Waals surface area contributed by atoms with Crippen LogP contribution in [0.2, 0.25) is 0 Å². The minimum absolute atomic E-state index is 0.140. The van der Waals surface area contributed by atoms with E-state index in [4.69, 9.17) is 0 Å². The molecule has 3 N–H and O–H groups in total. The highest BCUT2D eigenvalue weighted by Gasteiger charge is 2.27. The Balaban J connectivity index is 1.23. The number of hydrogen-bond acceptors (Lipinski definition) is 6. The molecule has 9 nitrogen and oxygen atoms in total. The Bertz CT molecular complexity index is 1450. The number of halogens is 1. The van der Waals surface area contributed by atoms with Crippen molar-refractivity contribution in [2.75, 3.05) is 43.4 Å². The molecular weight excluding hydrogens is 509 g/mol. The van der Waals surface area contributed by atoms with Crippen LogP contribution in [0, 0.1) is 5.82 Å². The molecule has 2 aliphatic rings. The van der Waals surface area contributed by atoms with Gasteiger partial charge in [-0.25, -0.2) is 14.4 Å². The third kappa shape index (κ3) is 5.50. The molecule has 2 aromatic heterocycles. The zero-order valence-electron chi connectivity index (χ0n) is 22.6. The maximum absolute atomic E-state index is 13.6. The number of likely N-dealkylation sites (N-methyl/N-ethyl adjacent to an activating group) is 1. The molecule has 0 atom stereocenters. The predicted molar refractivity (Wildman–Crippen MR) is 153 cm³/mol. The molecule has 1 saturated heterocycles. The van der Waals surface area contributed by atoms with Crippen LogP contribution in [0.1, 0.15) is 42.2 Å². The van der Waals surface area contributed by atoms with Gasteiger partial charge in [-0.3, -0.25) is 4.79 Å². The average molecular weight is 544 g/mol. The molecule has 1 saturated carbocycles. The Hall–Kier alpha value is -4.02. The summed E-state index contributed by atoms with van der Waals surface area (Å²) in [6.07, 6.45) is 6.08. The normalized spacial score (nSPS) is 20.0. The van der Waals surface area contributed by atoms with Crippen LogP contribution < -0.4 is 10.2 Å². The number of aliphatic hydroxyl groups excluding tert-OH is 1. The maximum atomic E-state index is 13.6. The standard InChI is InChI=1S/C30H34FN7O2/c1-36-14-16-37(17-15-36)23-8-6-22(7-9-23)34-30(40)26-18-32-29(35-26)28-27(20-2-4-21(31)5-3-20)33-19-38(28)24-10-12-25(39)13-11-24/h2-9,18-19,24-25,39H,10-17H2,1H3,(H,32,35)(H,34,40).